The van der Waals surface area contributed by atoms with Crippen LogP contribution in [-0.2, 0) is 0 Å². The van der Waals surface area contributed by atoms with Gasteiger partial charge in [0.05, 0.1) is 16.3 Å². The van der Waals surface area contributed by atoms with E-state index < -0.39 is 4.92 Å². The summed E-state index contributed by atoms with van der Waals surface area (Å²) in [4.78, 5) is 12.3. The van der Waals surface area contributed by atoms with E-state index in [-0.39, 0.29) is 5.69 Å². The maximum atomic E-state index is 11.1. The highest BCUT2D eigenvalue weighted by atomic mass is 16.6. The van der Waals surface area contributed by atoms with Crippen molar-refractivity contribution in [2.24, 2.45) is 10.2 Å². The third-order valence-electron chi connectivity index (χ3n) is 2.67. The van der Waals surface area contributed by atoms with Gasteiger partial charge in [0.15, 0.2) is 0 Å². The normalized spacial score (nSPS) is 10.7. The molecule has 0 radical (unpaired) electrons. The SMILES string of the molecule is CN(C)c1ccc(N=Nc2ccccc2)cc1[N+](=O)[O-]. The largest absolute Gasteiger partial charge is 0.372 e. The first-order valence-corrected chi connectivity index (χ1v) is 6.00. The molecule has 0 fully saturated rings. The van der Waals surface area contributed by atoms with Gasteiger partial charge in [-0.25, -0.2) is 0 Å². The second kappa shape index (κ2) is 5.92. The average molecular weight is 270 g/mol. The molecule has 0 unspecified atom stereocenters. The maximum absolute atomic E-state index is 11.1. The van der Waals surface area contributed by atoms with Gasteiger partial charge < -0.3 is 4.90 Å². The van der Waals surface area contributed by atoms with Crippen LogP contribution in [0.1, 0.15) is 0 Å². The summed E-state index contributed by atoms with van der Waals surface area (Å²) in [5.41, 5.74) is 1.70. The average Bonchev–Trinajstić information content (AvgIpc) is 2.45. The number of hydrogen-bond donors (Lipinski definition) is 0. The predicted molar refractivity (Wildman–Crippen MR) is 78.0 cm³/mol. The summed E-state index contributed by atoms with van der Waals surface area (Å²) >= 11 is 0. The zero-order valence-electron chi connectivity index (χ0n) is 11.2. The Bertz CT molecular complexity index is 639. The first-order valence-electron chi connectivity index (χ1n) is 6.00. The van der Waals surface area contributed by atoms with E-state index in [1.54, 1.807) is 31.1 Å². The van der Waals surface area contributed by atoms with Gasteiger partial charge in [-0.1, -0.05) is 18.2 Å². The molecule has 2 aromatic carbocycles. The topological polar surface area (TPSA) is 71.1 Å². The lowest BCUT2D eigenvalue weighted by molar-refractivity contribution is -0.384. The van der Waals surface area contributed by atoms with Crippen LogP contribution in [0.15, 0.2) is 58.8 Å². The minimum Gasteiger partial charge on any atom is -0.372 e. The quantitative estimate of drug-likeness (QED) is 0.477. The van der Waals surface area contributed by atoms with Crippen LogP contribution in [-0.4, -0.2) is 19.0 Å². The molecule has 20 heavy (non-hydrogen) atoms. The highest BCUT2D eigenvalue weighted by Gasteiger charge is 2.15. The van der Waals surface area contributed by atoms with Gasteiger partial charge in [0.25, 0.3) is 5.69 Å². The minimum atomic E-state index is -0.420. The van der Waals surface area contributed by atoms with Crippen molar-refractivity contribution in [3.05, 3.63) is 58.6 Å². The summed E-state index contributed by atoms with van der Waals surface area (Å²) in [6.45, 7) is 0. The van der Waals surface area contributed by atoms with Crippen LogP contribution in [0.3, 0.4) is 0 Å². The van der Waals surface area contributed by atoms with Gasteiger partial charge in [-0.2, -0.15) is 10.2 Å². The summed E-state index contributed by atoms with van der Waals surface area (Å²) < 4.78 is 0. The molecular weight excluding hydrogens is 256 g/mol. The second-order valence-corrected chi connectivity index (χ2v) is 4.36. The molecule has 0 aliphatic heterocycles. The van der Waals surface area contributed by atoms with E-state index in [0.29, 0.717) is 17.1 Å². The monoisotopic (exact) mass is 270 g/mol. The van der Waals surface area contributed by atoms with Crippen molar-refractivity contribution in [1.29, 1.82) is 0 Å². The fourth-order valence-electron chi connectivity index (χ4n) is 1.71. The van der Waals surface area contributed by atoms with Gasteiger partial charge >= 0.3 is 0 Å². The Morgan fingerprint density at radius 2 is 1.65 bits per heavy atom. The summed E-state index contributed by atoms with van der Waals surface area (Å²) in [7, 11) is 3.51. The van der Waals surface area contributed by atoms with Crippen molar-refractivity contribution >= 4 is 22.7 Å². The molecule has 0 saturated carbocycles. The van der Waals surface area contributed by atoms with Crippen molar-refractivity contribution in [2.75, 3.05) is 19.0 Å². The standard InChI is InChI=1S/C14H14N4O2/c1-17(2)13-9-8-12(10-14(13)18(19)20)16-15-11-6-4-3-5-7-11/h3-10H,1-2H3. The minimum absolute atomic E-state index is 0.0134. The highest BCUT2D eigenvalue weighted by molar-refractivity contribution is 5.67. The van der Waals surface area contributed by atoms with Crippen LogP contribution in [0, 0.1) is 10.1 Å². The van der Waals surface area contributed by atoms with Gasteiger partial charge in [0.2, 0.25) is 0 Å². The van der Waals surface area contributed by atoms with Crippen molar-refractivity contribution in [3.63, 3.8) is 0 Å². The smallest absolute Gasteiger partial charge is 0.294 e. The molecular formula is C14H14N4O2. The summed E-state index contributed by atoms with van der Waals surface area (Å²) in [6, 6.07) is 14.0. The van der Waals surface area contributed by atoms with Crippen LogP contribution in [0.5, 0.6) is 0 Å². The molecule has 0 N–H and O–H groups in total. The maximum Gasteiger partial charge on any atom is 0.294 e. The molecule has 0 spiro atoms. The third kappa shape index (κ3) is 3.17. The lowest BCUT2D eigenvalue weighted by atomic mass is 10.2. The number of nitrogens with zero attached hydrogens (tertiary/aromatic N) is 4. The van der Waals surface area contributed by atoms with Crippen LogP contribution in [0.4, 0.5) is 22.7 Å². The first kappa shape index (κ1) is 13.7. The van der Waals surface area contributed by atoms with Crippen molar-refractivity contribution in [3.8, 4) is 0 Å². The number of hydrogen-bond acceptors (Lipinski definition) is 5. The van der Waals surface area contributed by atoms with E-state index in [9.17, 15) is 10.1 Å². The zero-order chi connectivity index (χ0) is 14.5. The summed E-state index contributed by atoms with van der Waals surface area (Å²) in [5, 5.41) is 19.1. The molecule has 0 atom stereocenters. The molecule has 0 bridgehead atoms. The highest BCUT2D eigenvalue weighted by Crippen LogP contribution is 2.31. The molecule has 6 nitrogen and oxygen atoms in total. The molecule has 2 aromatic rings. The Kier molecular flexibility index (Phi) is 4.05. The summed E-state index contributed by atoms with van der Waals surface area (Å²) in [6.07, 6.45) is 0. The van der Waals surface area contributed by atoms with Gasteiger partial charge in [-0.3, -0.25) is 10.1 Å². The first-order chi connectivity index (χ1) is 9.58. The molecule has 6 heteroatoms. The van der Waals surface area contributed by atoms with Gasteiger partial charge in [0, 0.05) is 20.2 Å². The predicted octanol–water partition coefficient (Wildman–Crippen LogP) is 4.08. The van der Waals surface area contributed by atoms with E-state index in [2.05, 4.69) is 10.2 Å². The molecule has 0 aliphatic carbocycles. The van der Waals surface area contributed by atoms with E-state index in [1.807, 2.05) is 30.3 Å². The Morgan fingerprint density at radius 1 is 1.00 bits per heavy atom. The van der Waals surface area contributed by atoms with E-state index >= 15 is 0 Å². The Hall–Kier alpha value is -2.76. The molecule has 102 valence electrons. The lowest BCUT2D eigenvalue weighted by Gasteiger charge is -2.12. The van der Waals surface area contributed by atoms with Gasteiger partial charge in [-0.15, -0.1) is 0 Å². The van der Waals surface area contributed by atoms with Gasteiger partial charge in [0.1, 0.15) is 5.69 Å². The number of rotatable bonds is 4. The van der Waals surface area contributed by atoms with Crippen LogP contribution in [0.25, 0.3) is 0 Å². The molecule has 0 saturated heterocycles. The summed E-state index contributed by atoms with van der Waals surface area (Å²) in [5.74, 6) is 0. The Balaban J connectivity index is 2.32. The number of anilines is 1. The number of nitro groups is 1. The number of azo groups is 1. The van der Waals surface area contributed by atoms with Crippen LogP contribution < -0.4 is 4.90 Å². The molecule has 0 aliphatic rings. The number of nitro benzene ring substituents is 1. The lowest BCUT2D eigenvalue weighted by Crippen LogP contribution is -2.10. The van der Waals surface area contributed by atoms with E-state index in [4.69, 9.17) is 0 Å². The zero-order valence-corrected chi connectivity index (χ0v) is 11.2. The van der Waals surface area contributed by atoms with Crippen molar-refractivity contribution in [2.45, 2.75) is 0 Å². The van der Waals surface area contributed by atoms with E-state index in [0.717, 1.165) is 0 Å². The van der Waals surface area contributed by atoms with E-state index in [1.165, 1.54) is 6.07 Å². The van der Waals surface area contributed by atoms with Crippen LogP contribution >= 0.6 is 0 Å². The molecule has 2 rings (SSSR count). The molecule has 0 heterocycles. The third-order valence-corrected chi connectivity index (χ3v) is 2.67. The van der Waals surface area contributed by atoms with Crippen molar-refractivity contribution < 1.29 is 4.92 Å². The Labute approximate surface area is 116 Å². The van der Waals surface area contributed by atoms with Gasteiger partial charge in [-0.05, 0) is 24.3 Å². The van der Waals surface area contributed by atoms with Crippen molar-refractivity contribution in [1.82, 2.24) is 0 Å². The fourth-order valence-corrected chi connectivity index (χ4v) is 1.71. The number of benzene rings is 2. The second-order valence-electron chi connectivity index (χ2n) is 4.36. The van der Waals surface area contributed by atoms with Crippen LogP contribution in [0.2, 0.25) is 0 Å². The fraction of sp³-hybridized carbons (Fsp3) is 0.143. The molecule has 0 amide bonds. The Morgan fingerprint density at radius 3 is 2.25 bits per heavy atom. The molecule has 0 aromatic heterocycles.